The number of hydrogen-bond donors (Lipinski definition) is 0. The van der Waals surface area contributed by atoms with E-state index < -0.39 is 17.5 Å². The third kappa shape index (κ3) is 4.64. The SMILES string of the molecule is CO[C@H]1CN(C(=O)OC(C)(C)C)C[C@@H]1n1cnc2c(N3CC(N(C)C)C3)nc3c(F)c(Br)c(Cl)cc3c21. The molecule has 0 spiro atoms. The fourth-order valence-electron chi connectivity index (χ4n) is 4.98. The van der Waals surface area contributed by atoms with Gasteiger partial charge in [0.05, 0.1) is 40.0 Å². The summed E-state index contributed by atoms with van der Waals surface area (Å²) in [5.41, 5.74) is 0.969. The average Bonchev–Trinajstić information content (AvgIpc) is 3.40. The lowest BCUT2D eigenvalue weighted by Crippen LogP contribution is -2.57. The van der Waals surface area contributed by atoms with E-state index in [2.05, 4.69) is 25.7 Å². The number of amides is 1. The van der Waals surface area contributed by atoms with Gasteiger partial charge in [0.25, 0.3) is 0 Å². The molecule has 2 aromatic heterocycles. The number of carbonyl (C=O) groups is 1. The summed E-state index contributed by atoms with van der Waals surface area (Å²) in [6.07, 6.45) is 1.01. The van der Waals surface area contributed by atoms with E-state index in [-0.39, 0.29) is 27.2 Å². The Morgan fingerprint density at radius 1 is 1.22 bits per heavy atom. The molecule has 2 saturated heterocycles. The molecule has 1 amide bonds. The zero-order chi connectivity index (χ0) is 26.8. The first-order valence-electron chi connectivity index (χ1n) is 12.2. The summed E-state index contributed by atoms with van der Waals surface area (Å²) in [5.74, 6) is 0.108. The van der Waals surface area contributed by atoms with Crippen molar-refractivity contribution >= 4 is 61.4 Å². The number of carbonyl (C=O) groups excluding carboxylic acids is 1. The van der Waals surface area contributed by atoms with Crippen LogP contribution in [0.5, 0.6) is 0 Å². The number of methoxy groups -OCH3 is 1. The number of likely N-dealkylation sites (tertiary alicyclic amines) is 1. The van der Waals surface area contributed by atoms with Crippen molar-refractivity contribution in [1.82, 2.24) is 24.3 Å². The number of fused-ring (bicyclic) bond motifs is 3. The van der Waals surface area contributed by atoms with Gasteiger partial charge in [0, 0.05) is 38.2 Å². The topological polar surface area (TPSA) is 76.0 Å². The average molecular weight is 598 g/mol. The Morgan fingerprint density at radius 3 is 2.54 bits per heavy atom. The molecule has 0 saturated carbocycles. The van der Waals surface area contributed by atoms with Gasteiger partial charge in [0.1, 0.15) is 16.6 Å². The van der Waals surface area contributed by atoms with Gasteiger partial charge in [-0.25, -0.2) is 19.2 Å². The Bertz CT molecular complexity index is 1370. The van der Waals surface area contributed by atoms with Crippen molar-refractivity contribution in [3.8, 4) is 0 Å². The van der Waals surface area contributed by atoms with E-state index in [0.717, 1.165) is 13.1 Å². The molecular weight excluding hydrogens is 567 g/mol. The van der Waals surface area contributed by atoms with Gasteiger partial charge in [-0.3, -0.25) is 0 Å². The fraction of sp³-hybridized carbons (Fsp3) is 0.560. The third-order valence-corrected chi connectivity index (χ3v) is 8.36. The van der Waals surface area contributed by atoms with Crippen molar-refractivity contribution in [2.45, 2.75) is 44.6 Å². The first kappa shape index (κ1) is 26.4. The molecule has 0 radical (unpaired) electrons. The van der Waals surface area contributed by atoms with Gasteiger partial charge in [-0.15, -0.1) is 0 Å². The predicted octanol–water partition coefficient (Wildman–Crippen LogP) is 4.70. The number of rotatable bonds is 4. The molecule has 9 nitrogen and oxygen atoms in total. The molecule has 0 unspecified atom stereocenters. The molecular formula is C25H31BrClFN6O3. The van der Waals surface area contributed by atoms with Crippen LogP contribution in [0.25, 0.3) is 21.9 Å². The van der Waals surface area contributed by atoms with Crippen LogP contribution in [0.1, 0.15) is 26.8 Å². The Balaban J connectivity index is 1.63. The first-order valence-corrected chi connectivity index (χ1v) is 13.3. The van der Waals surface area contributed by atoms with Gasteiger partial charge in [-0.05, 0) is 56.9 Å². The molecule has 2 aliphatic rings. The van der Waals surface area contributed by atoms with Crippen LogP contribution in [-0.4, -0.2) is 95.6 Å². The maximum atomic E-state index is 15.5. The molecule has 37 heavy (non-hydrogen) atoms. The minimum atomic E-state index is -0.612. The Hall–Kier alpha value is -2.21. The zero-order valence-electron chi connectivity index (χ0n) is 21.8. The highest BCUT2D eigenvalue weighted by Crippen LogP contribution is 2.40. The molecule has 5 rings (SSSR count). The summed E-state index contributed by atoms with van der Waals surface area (Å²) in [6.45, 7) is 7.76. The van der Waals surface area contributed by atoms with Crippen LogP contribution in [0, 0.1) is 5.82 Å². The lowest BCUT2D eigenvalue weighted by molar-refractivity contribution is 0.0252. The number of imidazole rings is 1. The molecule has 1 aromatic carbocycles. The highest BCUT2D eigenvalue weighted by molar-refractivity contribution is 9.10. The zero-order valence-corrected chi connectivity index (χ0v) is 24.1. The first-order chi connectivity index (χ1) is 17.4. The molecule has 0 bridgehead atoms. The fourth-order valence-corrected chi connectivity index (χ4v) is 5.48. The van der Waals surface area contributed by atoms with Gasteiger partial charge in [-0.2, -0.15) is 0 Å². The van der Waals surface area contributed by atoms with Gasteiger partial charge in [0.15, 0.2) is 11.6 Å². The quantitative estimate of drug-likeness (QED) is 0.404. The van der Waals surface area contributed by atoms with Crippen LogP contribution in [0.4, 0.5) is 15.0 Å². The number of halogens is 3. The third-order valence-electron chi connectivity index (χ3n) is 7.06. The summed E-state index contributed by atoms with van der Waals surface area (Å²) in [5, 5.41) is 0.799. The van der Waals surface area contributed by atoms with Gasteiger partial charge < -0.3 is 28.7 Å². The summed E-state index contributed by atoms with van der Waals surface area (Å²) >= 11 is 9.66. The number of nitrogens with zero attached hydrogens (tertiary/aromatic N) is 6. The maximum Gasteiger partial charge on any atom is 0.410 e. The lowest BCUT2D eigenvalue weighted by atomic mass is 10.1. The van der Waals surface area contributed by atoms with E-state index in [0.29, 0.717) is 41.4 Å². The summed E-state index contributed by atoms with van der Waals surface area (Å²) in [6, 6.07) is 1.83. The van der Waals surface area contributed by atoms with Gasteiger partial charge in [-0.1, -0.05) is 11.6 Å². The number of pyridine rings is 1. The summed E-state index contributed by atoms with van der Waals surface area (Å²) < 4.78 is 29.0. The molecule has 2 fully saturated rings. The second-order valence-electron chi connectivity index (χ2n) is 10.9. The molecule has 12 heteroatoms. The monoisotopic (exact) mass is 596 g/mol. The largest absolute Gasteiger partial charge is 0.444 e. The van der Waals surface area contributed by atoms with E-state index in [1.165, 1.54) is 0 Å². The van der Waals surface area contributed by atoms with Crippen LogP contribution in [0.2, 0.25) is 5.02 Å². The molecule has 2 aliphatic heterocycles. The number of likely N-dealkylation sites (N-methyl/N-ethyl adjacent to an activating group) is 1. The molecule has 2 atom stereocenters. The number of anilines is 1. The van der Waals surface area contributed by atoms with E-state index in [4.69, 9.17) is 31.0 Å². The van der Waals surface area contributed by atoms with Crippen molar-refractivity contribution < 1.29 is 18.7 Å². The van der Waals surface area contributed by atoms with E-state index in [1.54, 1.807) is 24.4 Å². The lowest BCUT2D eigenvalue weighted by Gasteiger charge is -2.43. The van der Waals surface area contributed by atoms with Crippen molar-refractivity contribution in [3.63, 3.8) is 0 Å². The standard InChI is InChI=1S/C25H31BrClFN6O3/c1-25(2,3)37-24(35)33-10-16(17(11-33)36-6)34-12-29-21-22(34)14-7-15(27)18(26)19(28)20(14)30-23(21)32-8-13(9-32)31(4)5/h7,12-13,16-17H,8-11H2,1-6H3/t16-,17-/m0/s1. The normalized spacial score (nSPS) is 20.9. The summed E-state index contributed by atoms with van der Waals surface area (Å²) in [4.78, 5) is 28.2. The second-order valence-corrected chi connectivity index (χ2v) is 12.1. The number of aromatic nitrogens is 3. The Kier molecular flexibility index (Phi) is 6.79. The molecule has 4 heterocycles. The predicted molar refractivity (Wildman–Crippen MR) is 145 cm³/mol. The Labute approximate surface area is 228 Å². The number of hydrogen-bond acceptors (Lipinski definition) is 7. The van der Waals surface area contributed by atoms with Crippen LogP contribution in [0.15, 0.2) is 16.9 Å². The molecule has 0 aliphatic carbocycles. The highest BCUT2D eigenvalue weighted by atomic mass is 79.9. The smallest absolute Gasteiger partial charge is 0.410 e. The van der Waals surface area contributed by atoms with Gasteiger partial charge in [0.2, 0.25) is 0 Å². The minimum Gasteiger partial charge on any atom is -0.444 e. The summed E-state index contributed by atoms with van der Waals surface area (Å²) in [7, 11) is 5.70. The van der Waals surface area contributed by atoms with Crippen LogP contribution in [0.3, 0.4) is 0 Å². The number of ether oxygens (including phenoxy) is 2. The molecule has 200 valence electrons. The number of benzene rings is 1. The van der Waals surface area contributed by atoms with E-state index in [1.807, 2.05) is 39.4 Å². The minimum absolute atomic E-state index is 0.173. The Morgan fingerprint density at radius 2 is 1.92 bits per heavy atom. The van der Waals surface area contributed by atoms with Crippen molar-refractivity contribution in [3.05, 3.63) is 27.7 Å². The maximum absolute atomic E-state index is 15.5. The van der Waals surface area contributed by atoms with Gasteiger partial charge >= 0.3 is 6.09 Å². The van der Waals surface area contributed by atoms with Crippen LogP contribution in [-0.2, 0) is 9.47 Å². The van der Waals surface area contributed by atoms with E-state index in [9.17, 15) is 4.79 Å². The van der Waals surface area contributed by atoms with Crippen molar-refractivity contribution in [1.29, 1.82) is 0 Å². The van der Waals surface area contributed by atoms with E-state index >= 15 is 4.39 Å². The van der Waals surface area contributed by atoms with Crippen LogP contribution >= 0.6 is 27.5 Å². The van der Waals surface area contributed by atoms with Crippen LogP contribution < -0.4 is 4.90 Å². The van der Waals surface area contributed by atoms with Crippen molar-refractivity contribution in [2.75, 3.05) is 52.3 Å². The highest BCUT2D eigenvalue weighted by Gasteiger charge is 2.40. The molecule has 3 aromatic rings. The van der Waals surface area contributed by atoms with Crippen molar-refractivity contribution in [2.24, 2.45) is 0 Å². The molecule has 0 N–H and O–H groups in total. The second kappa shape index (κ2) is 9.52.